The van der Waals surface area contributed by atoms with Crippen molar-refractivity contribution in [1.29, 1.82) is 0 Å². The van der Waals surface area contributed by atoms with Crippen LogP contribution < -0.4 is 20.7 Å². The first-order valence-electron chi connectivity index (χ1n) is 10.8. The maximum absolute atomic E-state index is 11.9. The van der Waals surface area contributed by atoms with Crippen molar-refractivity contribution >= 4 is 35.8 Å². The minimum atomic E-state index is -0.0493. The van der Waals surface area contributed by atoms with Crippen LogP contribution in [-0.4, -0.2) is 63.1 Å². The molecular formula is C22H38IN5O2. The lowest BCUT2D eigenvalue weighted by Gasteiger charge is -2.35. The van der Waals surface area contributed by atoms with E-state index in [0.29, 0.717) is 12.5 Å². The number of nitrogens with one attached hydrogen (secondary N) is 3. The zero-order valence-corrected chi connectivity index (χ0v) is 20.9. The maximum atomic E-state index is 11.9. The molecule has 1 aliphatic heterocycles. The molecule has 1 aromatic carbocycles. The van der Waals surface area contributed by atoms with Crippen molar-refractivity contribution in [1.82, 2.24) is 20.9 Å². The van der Waals surface area contributed by atoms with Gasteiger partial charge >= 0.3 is 0 Å². The SMILES string of the molecule is CCCNC(=O)CN=C(NCC)NCC(c1ccc(OC)cc1)N1CCCCC1.I. The fourth-order valence-corrected chi connectivity index (χ4v) is 3.52. The molecule has 0 radical (unpaired) electrons. The molecule has 7 nitrogen and oxygen atoms in total. The lowest BCUT2D eigenvalue weighted by molar-refractivity contribution is -0.119. The Morgan fingerprint density at radius 3 is 2.40 bits per heavy atom. The van der Waals surface area contributed by atoms with E-state index in [2.05, 4.69) is 38.0 Å². The van der Waals surface area contributed by atoms with Crippen LogP contribution in [0.3, 0.4) is 0 Å². The number of hydrogen-bond donors (Lipinski definition) is 3. The largest absolute Gasteiger partial charge is 0.497 e. The van der Waals surface area contributed by atoms with Gasteiger partial charge < -0.3 is 20.7 Å². The molecule has 2 rings (SSSR count). The smallest absolute Gasteiger partial charge is 0.241 e. The molecule has 1 atom stereocenters. The Hall–Kier alpha value is -1.55. The van der Waals surface area contributed by atoms with Gasteiger partial charge in [-0.2, -0.15) is 0 Å². The highest BCUT2D eigenvalue weighted by atomic mass is 127. The standard InChI is InChI=1S/C22H37N5O2.HI/c1-4-13-24-21(28)17-26-22(23-5-2)25-16-20(27-14-7-6-8-15-27)18-9-11-19(29-3)12-10-18;/h9-12,20H,4-8,13-17H2,1-3H3,(H,24,28)(H2,23,25,26);1H. The van der Waals surface area contributed by atoms with Crippen LogP contribution in [-0.2, 0) is 4.79 Å². The summed E-state index contributed by atoms with van der Waals surface area (Å²) in [6.07, 6.45) is 4.69. The summed E-state index contributed by atoms with van der Waals surface area (Å²) in [5, 5.41) is 9.55. The van der Waals surface area contributed by atoms with Crippen molar-refractivity contribution < 1.29 is 9.53 Å². The molecule has 3 N–H and O–H groups in total. The third-order valence-corrected chi connectivity index (χ3v) is 5.09. The van der Waals surface area contributed by atoms with Gasteiger partial charge in [0.15, 0.2) is 5.96 Å². The normalized spacial score (nSPS) is 15.6. The van der Waals surface area contributed by atoms with Gasteiger partial charge in [0.25, 0.3) is 0 Å². The number of guanidine groups is 1. The number of ether oxygens (including phenoxy) is 1. The van der Waals surface area contributed by atoms with Crippen LogP contribution in [0, 0.1) is 0 Å². The van der Waals surface area contributed by atoms with Gasteiger partial charge in [0.2, 0.25) is 5.91 Å². The molecule has 8 heteroatoms. The van der Waals surface area contributed by atoms with Crippen LogP contribution in [0.4, 0.5) is 0 Å². The Balaban J connectivity index is 0.00000450. The Morgan fingerprint density at radius 1 is 1.10 bits per heavy atom. The van der Waals surface area contributed by atoms with Crippen LogP contribution in [0.1, 0.15) is 51.1 Å². The summed E-state index contributed by atoms with van der Waals surface area (Å²) in [5.74, 6) is 1.49. The number of rotatable bonds is 10. The monoisotopic (exact) mass is 531 g/mol. The van der Waals surface area contributed by atoms with Crippen molar-refractivity contribution in [3.05, 3.63) is 29.8 Å². The van der Waals surface area contributed by atoms with Crippen LogP contribution in [0.25, 0.3) is 0 Å². The summed E-state index contributed by atoms with van der Waals surface area (Å²) in [4.78, 5) is 18.9. The van der Waals surface area contributed by atoms with Gasteiger partial charge in [-0.05, 0) is 57.0 Å². The van der Waals surface area contributed by atoms with Crippen molar-refractivity contribution in [2.24, 2.45) is 4.99 Å². The minimum absolute atomic E-state index is 0. The van der Waals surface area contributed by atoms with E-state index in [1.807, 2.05) is 26.0 Å². The number of nitrogens with zero attached hydrogens (tertiary/aromatic N) is 2. The molecule has 0 aromatic heterocycles. The first kappa shape index (κ1) is 26.5. The highest BCUT2D eigenvalue weighted by Gasteiger charge is 2.22. The Kier molecular flexibility index (Phi) is 13.5. The predicted octanol–water partition coefficient (Wildman–Crippen LogP) is 2.92. The highest BCUT2D eigenvalue weighted by molar-refractivity contribution is 14.0. The van der Waals surface area contributed by atoms with Crippen molar-refractivity contribution in [2.45, 2.75) is 45.6 Å². The zero-order valence-electron chi connectivity index (χ0n) is 18.6. The minimum Gasteiger partial charge on any atom is -0.497 e. The first-order chi connectivity index (χ1) is 14.2. The summed E-state index contributed by atoms with van der Waals surface area (Å²) in [5.41, 5.74) is 1.26. The second-order valence-electron chi connectivity index (χ2n) is 7.31. The van der Waals surface area contributed by atoms with E-state index in [-0.39, 0.29) is 42.5 Å². The van der Waals surface area contributed by atoms with Crippen LogP contribution in [0.5, 0.6) is 5.75 Å². The summed E-state index contributed by atoms with van der Waals surface area (Å²) in [6, 6.07) is 8.57. The summed E-state index contributed by atoms with van der Waals surface area (Å²) >= 11 is 0. The molecule has 1 heterocycles. The van der Waals surface area contributed by atoms with E-state index < -0.39 is 0 Å². The number of likely N-dealkylation sites (tertiary alicyclic amines) is 1. The molecule has 1 fully saturated rings. The van der Waals surface area contributed by atoms with Gasteiger partial charge in [0, 0.05) is 19.6 Å². The van der Waals surface area contributed by atoms with Gasteiger partial charge in [-0.15, -0.1) is 24.0 Å². The Bertz CT molecular complexity index is 633. The molecule has 1 aromatic rings. The molecule has 1 amide bonds. The van der Waals surface area contributed by atoms with Gasteiger partial charge in [0.1, 0.15) is 12.3 Å². The van der Waals surface area contributed by atoms with Crippen molar-refractivity contribution in [3.63, 3.8) is 0 Å². The topological polar surface area (TPSA) is 78.0 Å². The van der Waals surface area contributed by atoms with E-state index >= 15 is 0 Å². The average molecular weight is 531 g/mol. The summed E-state index contributed by atoms with van der Waals surface area (Å²) < 4.78 is 5.31. The van der Waals surface area contributed by atoms with E-state index in [9.17, 15) is 4.79 Å². The number of piperidine rings is 1. The van der Waals surface area contributed by atoms with E-state index in [1.165, 1.54) is 24.8 Å². The number of aliphatic imine (C=N–C) groups is 1. The fraction of sp³-hybridized carbons (Fsp3) is 0.636. The summed E-state index contributed by atoms with van der Waals surface area (Å²) in [6.45, 7) is 8.57. The third kappa shape index (κ3) is 9.07. The number of hydrogen-bond acceptors (Lipinski definition) is 4. The lowest BCUT2D eigenvalue weighted by Crippen LogP contribution is -2.45. The Morgan fingerprint density at radius 2 is 1.80 bits per heavy atom. The molecule has 170 valence electrons. The van der Waals surface area contributed by atoms with E-state index in [1.54, 1.807) is 7.11 Å². The predicted molar refractivity (Wildman–Crippen MR) is 134 cm³/mol. The molecule has 0 bridgehead atoms. The molecule has 1 aliphatic rings. The zero-order chi connectivity index (χ0) is 20.9. The number of carbonyl (C=O) groups is 1. The molecule has 0 aliphatic carbocycles. The molecule has 30 heavy (non-hydrogen) atoms. The van der Waals surface area contributed by atoms with Gasteiger partial charge in [-0.3, -0.25) is 9.69 Å². The quantitative estimate of drug-likeness (QED) is 0.246. The van der Waals surface area contributed by atoms with Crippen LogP contribution in [0.15, 0.2) is 29.3 Å². The number of carbonyl (C=O) groups excluding carboxylic acids is 1. The van der Waals surface area contributed by atoms with Crippen LogP contribution >= 0.6 is 24.0 Å². The summed E-state index contributed by atoms with van der Waals surface area (Å²) in [7, 11) is 1.69. The van der Waals surface area contributed by atoms with E-state index in [4.69, 9.17) is 4.74 Å². The second kappa shape index (κ2) is 15.3. The fourth-order valence-electron chi connectivity index (χ4n) is 3.52. The molecule has 0 saturated carbocycles. The number of halogens is 1. The lowest BCUT2D eigenvalue weighted by atomic mass is 10.0. The average Bonchev–Trinajstić information content (AvgIpc) is 2.77. The number of benzene rings is 1. The number of amides is 1. The van der Waals surface area contributed by atoms with Crippen molar-refractivity contribution in [3.8, 4) is 5.75 Å². The number of methoxy groups -OCH3 is 1. The van der Waals surface area contributed by atoms with E-state index in [0.717, 1.165) is 38.3 Å². The Labute approximate surface area is 198 Å². The first-order valence-corrected chi connectivity index (χ1v) is 10.8. The molecule has 0 spiro atoms. The van der Waals surface area contributed by atoms with Gasteiger partial charge in [-0.1, -0.05) is 25.5 Å². The molecular weight excluding hydrogens is 493 g/mol. The van der Waals surface area contributed by atoms with Gasteiger partial charge in [0.05, 0.1) is 13.2 Å². The second-order valence-corrected chi connectivity index (χ2v) is 7.31. The van der Waals surface area contributed by atoms with Crippen molar-refractivity contribution in [2.75, 3.05) is 46.4 Å². The third-order valence-electron chi connectivity index (χ3n) is 5.09. The van der Waals surface area contributed by atoms with Gasteiger partial charge in [-0.25, -0.2) is 4.99 Å². The molecule has 1 saturated heterocycles. The maximum Gasteiger partial charge on any atom is 0.241 e. The highest BCUT2D eigenvalue weighted by Crippen LogP contribution is 2.25. The van der Waals surface area contributed by atoms with Crippen LogP contribution in [0.2, 0.25) is 0 Å². The molecule has 1 unspecified atom stereocenters.